The summed E-state index contributed by atoms with van der Waals surface area (Å²) in [5, 5.41) is 0. The molecule has 16 heavy (non-hydrogen) atoms. The molecule has 0 aliphatic carbocycles. The minimum atomic E-state index is 0. The average molecular weight is 231 g/mol. The highest BCUT2D eigenvalue weighted by Crippen LogP contribution is 1.89. The topological polar surface area (TPSA) is 12.4 Å². The first kappa shape index (κ1) is 21.0. The maximum Gasteiger partial charge on any atom is 0.0439 e. The average Bonchev–Trinajstić information content (AvgIpc) is 1.98. The molecule has 0 N–H and O–H groups in total. The first-order chi connectivity index (χ1) is 7.09. The third-order valence-electron chi connectivity index (χ3n) is 0.682. The van der Waals surface area contributed by atoms with Crippen molar-refractivity contribution >= 4 is 6.21 Å². The number of hydrogen-bond donors (Lipinski definition) is 0. The third kappa shape index (κ3) is 101. The molecule has 0 atom stereocenters. The molecule has 0 radical (unpaired) electrons. The van der Waals surface area contributed by atoms with E-state index in [0.29, 0.717) is 12.0 Å². The van der Waals surface area contributed by atoms with Gasteiger partial charge in [-0.2, -0.15) is 0 Å². The van der Waals surface area contributed by atoms with Crippen LogP contribution in [0.3, 0.4) is 0 Å². The zero-order valence-corrected chi connectivity index (χ0v) is 13.3. The van der Waals surface area contributed by atoms with Gasteiger partial charge in [0.1, 0.15) is 0 Å². The lowest BCUT2D eigenvalue weighted by atomic mass is 10.2. The lowest BCUT2D eigenvalue weighted by Gasteiger charge is -1.95. The lowest BCUT2D eigenvalue weighted by molar-refractivity contribution is 0.736. The van der Waals surface area contributed by atoms with E-state index in [0.717, 1.165) is 11.8 Å². The Morgan fingerprint density at radius 3 is 1.00 bits per heavy atom. The molecular weight excluding hydrogens is 194 g/mol. The van der Waals surface area contributed by atoms with Crippen LogP contribution in [0.25, 0.3) is 0 Å². The van der Waals surface area contributed by atoms with Crippen molar-refractivity contribution in [1.82, 2.24) is 0 Å². The molecule has 0 aliphatic rings. The monoisotopic (exact) mass is 231 g/mol. The van der Waals surface area contributed by atoms with E-state index in [1.54, 1.807) is 0 Å². The summed E-state index contributed by atoms with van der Waals surface area (Å²) in [6.45, 7) is 21.4. The molecule has 0 fully saturated rings. The summed E-state index contributed by atoms with van der Waals surface area (Å²) in [6, 6.07) is 0.456. The van der Waals surface area contributed by atoms with Crippen molar-refractivity contribution in [3.63, 3.8) is 0 Å². The van der Waals surface area contributed by atoms with E-state index >= 15 is 0 Å². The standard InChI is InChI=1S/C7H15N.2C4H10.H2/c1-6(2)5-8-7(3)4;2*1-4(2)3;/h5-7H,1-4H3;2*4H,1-3H3;1H. The first-order valence-corrected chi connectivity index (χ1v) is 6.62. The molecule has 0 aliphatic heterocycles. The molecule has 0 aromatic heterocycles. The smallest absolute Gasteiger partial charge is 0.0439 e. The number of nitrogens with zero attached hydrogens (tertiary/aromatic N) is 1. The fraction of sp³-hybridized carbons (Fsp3) is 0.933. The van der Waals surface area contributed by atoms with Crippen LogP contribution in [0.4, 0.5) is 0 Å². The summed E-state index contributed by atoms with van der Waals surface area (Å²) >= 11 is 0. The van der Waals surface area contributed by atoms with Gasteiger partial charge in [-0.3, -0.25) is 4.99 Å². The van der Waals surface area contributed by atoms with Gasteiger partial charge in [0.25, 0.3) is 0 Å². The maximum atomic E-state index is 4.20. The Hall–Kier alpha value is -0.330. The molecule has 0 heterocycles. The Labute approximate surface area is 106 Å². The van der Waals surface area contributed by atoms with Crippen molar-refractivity contribution in [2.45, 2.75) is 75.3 Å². The molecule has 0 aromatic rings. The largest absolute Gasteiger partial charge is 0.295 e. The summed E-state index contributed by atoms with van der Waals surface area (Å²) in [5.74, 6) is 2.26. The molecule has 0 saturated heterocycles. The second-order valence-corrected chi connectivity index (χ2v) is 6.10. The van der Waals surface area contributed by atoms with Gasteiger partial charge in [0.15, 0.2) is 0 Å². The molecule has 0 saturated carbocycles. The van der Waals surface area contributed by atoms with Crippen molar-refractivity contribution in [1.29, 1.82) is 0 Å². The zero-order chi connectivity index (χ0) is 13.7. The van der Waals surface area contributed by atoms with Gasteiger partial charge in [0, 0.05) is 13.7 Å². The van der Waals surface area contributed by atoms with Crippen molar-refractivity contribution in [3.8, 4) is 0 Å². The number of hydrogen-bond acceptors (Lipinski definition) is 1. The predicted molar refractivity (Wildman–Crippen MR) is 81.6 cm³/mol. The van der Waals surface area contributed by atoms with E-state index in [-0.39, 0.29) is 1.43 Å². The van der Waals surface area contributed by atoms with Gasteiger partial charge in [0.05, 0.1) is 0 Å². The summed E-state index contributed by atoms with van der Waals surface area (Å²) < 4.78 is 0. The lowest BCUT2D eigenvalue weighted by Crippen LogP contribution is -1.93. The van der Waals surface area contributed by atoms with E-state index in [9.17, 15) is 0 Å². The SMILES string of the molecule is CC(C)C.CC(C)C.CC(C)C=NC(C)C.[HH]. The Kier molecular flexibility index (Phi) is 19.3. The van der Waals surface area contributed by atoms with E-state index in [1.165, 1.54) is 0 Å². The Morgan fingerprint density at radius 1 is 0.688 bits per heavy atom. The van der Waals surface area contributed by atoms with Crippen LogP contribution in [0.15, 0.2) is 4.99 Å². The van der Waals surface area contributed by atoms with Gasteiger partial charge in [-0.1, -0.05) is 55.4 Å². The van der Waals surface area contributed by atoms with Crippen LogP contribution >= 0.6 is 0 Å². The zero-order valence-electron chi connectivity index (χ0n) is 13.3. The summed E-state index contributed by atoms with van der Waals surface area (Å²) in [5.41, 5.74) is 0. The normalized spacial score (nSPS) is 10.6. The minimum absolute atomic E-state index is 0. The van der Waals surface area contributed by atoms with Crippen LogP contribution in [0.5, 0.6) is 0 Å². The molecule has 102 valence electrons. The highest BCUT2D eigenvalue weighted by molar-refractivity contribution is 5.59. The molecule has 0 spiro atoms. The molecule has 0 aromatic carbocycles. The van der Waals surface area contributed by atoms with Gasteiger partial charge >= 0.3 is 0 Å². The summed E-state index contributed by atoms with van der Waals surface area (Å²) in [4.78, 5) is 4.20. The van der Waals surface area contributed by atoms with Crippen LogP contribution in [0.1, 0.15) is 70.7 Å². The van der Waals surface area contributed by atoms with Gasteiger partial charge in [-0.25, -0.2) is 0 Å². The second-order valence-electron chi connectivity index (χ2n) is 6.10. The maximum absolute atomic E-state index is 4.20. The van der Waals surface area contributed by atoms with E-state index in [1.807, 2.05) is 6.21 Å². The molecule has 0 amide bonds. The quantitative estimate of drug-likeness (QED) is 0.541. The first-order valence-electron chi connectivity index (χ1n) is 6.62. The highest BCUT2D eigenvalue weighted by Gasteiger charge is 1.85. The van der Waals surface area contributed by atoms with E-state index < -0.39 is 0 Å². The summed E-state index contributed by atoms with van der Waals surface area (Å²) in [7, 11) is 0. The van der Waals surface area contributed by atoms with E-state index in [4.69, 9.17) is 0 Å². The van der Waals surface area contributed by atoms with Crippen LogP contribution in [-0.4, -0.2) is 12.3 Å². The predicted octanol–water partition coefficient (Wildman–Crippen LogP) is 5.69. The van der Waals surface area contributed by atoms with E-state index in [2.05, 4.69) is 74.2 Å². The Balaban J connectivity index is -0.0000000806. The molecule has 1 nitrogen and oxygen atoms in total. The fourth-order valence-electron chi connectivity index (χ4n) is 0.344. The van der Waals surface area contributed by atoms with Crippen LogP contribution in [0, 0.1) is 17.8 Å². The Morgan fingerprint density at radius 2 is 0.938 bits per heavy atom. The minimum Gasteiger partial charge on any atom is -0.295 e. The Bertz CT molecular complexity index is 116. The van der Waals surface area contributed by atoms with Gasteiger partial charge in [-0.15, -0.1) is 0 Å². The van der Waals surface area contributed by atoms with Crippen molar-refractivity contribution in [2.24, 2.45) is 22.7 Å². The van der Waals surface area contributed by atoms with Gasteiger partial charge < -0.3 is 0 Å². The van der Waals surface area contributed by atoms with Crippen LogP contribution < -0.4 is 0 Å². The summed E-state index contributed by atoms with van der Waals surface area (Å²) in [6.07, 6.45) is 1.99. The number of aliphatic imine (C=N–C) groups is 1. The molecule has 1 heteroatoms. The molecular formula is C15H37N. The van der Waals surface area contributed by atoms with Crippen molar-refractivity contribution < 1.29 is 1.43 Å². The fourth-order valence-corrected chi connectivity index (χ4v) is 0.344. The van der Waals surface area contributed by atoms with Crippen LogP contribution in [-0.2, 0) is 0 Å². The molecule has 0 unspecified atom stereocenters. The highest BCUT2D eigenvalue weighted by atomic mass is 14.7. The van der Waals surface area contributed by atoms with Crippen LogP contribution in [0.2, 0.25) is 0 Å². The third-order valence-corrected chi connectivity index (χ3v) is 0.682. The second kappa shape index (κ2) is 14.7. The van der Waals surface area contributed by atoms with Gasteiger partial charge in [-0.05, 0) is 31.6 Å². The number of rotatable bonds is 2. The van der Waals surface area contributed by atoms with Gasteiger partial charge in [0.2, 0.25) is 0 Å². The molecule has 0 rings (SSSR count). The van der Waals surface area contributed by atoms with Crippen molar-refractivity contribution in [3.05, 3.63) is 0 Å². The molecule has 0 bridgehead atoms. The van der Waals surface area contributed by atoms with Crippen molar-refractivity contribution in [2.75, 3.05) is 0 Å².